The summed E-state index contributed by atoms with van der Waals surface area (Å²) in [4.78, 5) is 8.56. The van der Waals surface area contributed by atoms with Gasteiger partial charge >= 0.3 is 0 Å². The van der Waals surface area contributed by atoms with Crippen LogP contribution in [-0.4, -0.2) is 50.5 Å². The quantitative estimate of drug-likeness (QED) is 0.708. The van der Waals surface area contributed by atoms with Gasteiger partial charge in [0.1, 0.15) is 18.0 Å². The fraction of sp³-hybridized carbons (Fsp3) is 0.692. The van der Waals surface area contributed by atoms with Crippen LogP contribution in [0.25, 0.3) is 0 Å². The van der Waals surface area contributed by atoms with Gasteiger partial charge in [-0.25, -0.2) is 9.97 Å². The van der Waals surface area contributed by atoms with E-state index in [-0.39, 0.29) is 6.10 Å². The standard InChI is InChI=1S/C13H24N4O2/c1-5-6-11-12(14-2)16-9-17-13(11)15-7-10(19-4)8-18-3/h9-10H,5-8H2,1-4H3,(H2,14,15,16,17). The maximum atomic E-state index is 5.32. The van der Waals surface area contributed by atoms with Gasteiger partial charge < -0.3 is 20.1 Å². The largest absolute Gasteiger partial charge is 0.382 e. The highest BCUT2D eigenvalue weighted by atomic mass is 16.5. The summed E-state index contributed by atoms with van der Waals surface area (Å²) >= 11 is 0. The predicted octanol–water partition coefficient (Wildman–Crippen LogP) is 1.54. The van der Waals surface area contributed by atoms with Crippen LogP contribution in [-0.2, 0) is 15.9 Å². The second-order valence-corrected chi connectivity index (χ2v) is 4.24. The Bertz CT molecular complexity index is 374. The van der Waals surface area contributed by atoms with Crippen LogP contribution in [0.3, 0.4) is 0 Å². The summed E-state index contributed by atoms with van der Waals surface area (Å²) in [5, 5.41) is 6.41. The van der Waals surface area contributed by atoms with E-state index in [1.807, 2.05) is 7.05 Å². The van der Waals surface area contributed by atoms with Crippen molar-refractivity contribution in [1.82, 2.24) is 9.97 Å². The molecular weight excluding hydrogens is 244 g/mol. The molecule has 0 aliphatic heterocycles. The van der Waals surface area contributed by atoms with E-state index in [1.54, 1.807) is 20.5 Å². The Labute approximate surface area is 114 Å². The first-order valence-corrected chi connectivity index (χ1v) is 6.54. The highest BCUT2D eigenvalue weighted by molar-refractivity contribution is 5.57. The number of nitrogens with one attached hydrogen (secondary N) is 2. The first kappa shape index (κ1) is 15.7. The van der Waals surface area contributed by atoms with Gasteiger partial charge in [-0.15, -0.1) is 0 Å². The average molecular weight is 268 g/mol. The molecule has 2 N–H and O–H groups in total. The highest BCUT2D eigenvalue weighted by Crippen LogP contribution is 2.21. The third kappa shape index (κ3) is 4.65. The minimum absolute atomic E-state index is 0.00692. The van der Waals surface area contributed by atoms with Crippen molar-refractivity contribution in [3.8, 4) is 0 Å². The van der Waals surface area contributed by atoms with Crippen LogP contribution in [0.2, 0.25) is 0 Å². The van der Waals surface area contributed by atoms with Gasteiger partial charge in [0, 0.05) is 33.4 Å². The molecule has 6 heteroatoms. The molecule has 1 atom stereocenters. The summed E-state index contributed by atoms with van der Waals surface area (Å²) in [6.45, 7) is 3.34. The molecule has 1 rings (SSSR count). The van der Waals surface area contributed by atoms with Gasteiger partial charge in [0.05, 0.1) is 12.7 Å². The van der Waals surface area contributed by atoms with Gasteiger partial charge in [0.25, 0.3) is 0 Å². The second kappa shape index (κ2) is 8.66. The van der Waals surface area contributed by atoms with Crippen molar-refractivity contribution in [2.24, 2.45) is 0 Å². The maximum absolute atomic E-state index is 5.32. The summed E-state index contributed by atoms with van der Waals surface area (Å²) in [6.07, 6.45) is 3.54. The number of aromatic nitrogens is 2. The monoisotopic (exact) mass is 268 g/mol. The number of nitrogens with zero attached hydrogens (tertiary/aromatic N) is 2. The molecule has 1 aromatic heterocycles. The summed E-state index contributed by atoms with van der Waals surface area (Å²) in [5.74, 6) is 1.74. The Morgan fingerprint density at radius 3 is 2.58 bits per heavy atom. The van der Waals surface area contributed by atoms with E-state index in [1.165, 1.54) is 0 Å². The molecule has 1 aromatic rings. The van der Waals surface area contributed by atoms with Crippen LogP contribution < -0.4 is 10.6 Å². The number of ether oxygens (including phenoxy) is 2. The number of rotatable bonds is 9. The molecule has 108 valence electrons. The van der Waals surface area contributed by atoms with E-state index in [0.717, 1.165) is 30.0 Å². The van der Waals surface area contributed by atoms with E-state index in [4.69, 9.17) is 9.47 Å². The lowest BCUT2D eigenvalue weighted by atomic mass is 10.1. The van der Waals surface area contributed by atoms with Crippen LogP contribution in [0.1, 0.15) is 18.9 Å². The summed E-state index contributed by atoms with van der Waals surface area (Å²) in [7, 11) is 5.21. The van der Waals surface area contributed by atoms with Gasteiger partial charge in [-0.2, -0.15) is 0 Å². The lowest BCUT2D eigenvalue weighted by molar-refractivity contribution is 0.0365. The molecule has 0 amide bonds. The van der Waals surface area contributed by atoms with E-state index < -0.39 is 0 Å². The van der Waals surface area contributed by atoms with E-state index in [9.17, 15) is 0 Å². The Balaban J connectivity index is 2.76. The van der Waals surface area contributed by atoms with Crippen molar-refractivity contribution in [2.75, 3.05) is 45.1 Å². The summed E-state index contributed by atoms with van der Waals surface area (Å²) < 4.78 is 10.4. The molecular formula is C13H24N4O2. The predicted molar refractivity (Wildman–Crippen MR) is 76.7 cm³/mol. The summed E-state index contributed by atoms with van der Waals surface area (Å²) in [6, 6.07) is 0. The number of methoxy groups -OCH3 is 2. The third-order valence-corrected chi connectivity index (χ3v) is 2.87. The van der Waals surface area contributed by atoms with Gasteiger partial charge in [-0.05, 0) is 6.42 Å². The lowest BCUT2D eigenvalue weighted by Crippen LogP contribution is -2.27. The fourth-order valence-electron chi connectivity index (χ4n) is 1.87. The molecule has 0 saturated heterocycles. The normalized spacial score (nSPS) is 12.2. The number of anilines is 2. The number of hydrogen-bond donors (Lipinski definition) is 2. The third-order valence-electron chi connectivity index (χ3n) is 2.87. The first-order chi connectivity index (χ1) is 9.26. The van der Waals surface area contributed by atoms with E-state index >= 15 is 0 Å². The highest BCUT2D eigenvalue weighted by Gasteiger charge is 2.12. The zero-order valence-corrected chi connectivity index (χ0v) is 12.2. The fourth-order valence-corrected chi connectivity index (χ4v) is 1.87. The Morgan fingerprint density at radius 1 is 1.26 bits per heavy atom. The molecule has 0 radical (unpaired) electrons. The first-order valence-electron chi connectivity index (χ1n) is 6.54. The molecule has 0 aliphatic rings. The topological polar surface area (TPSA) is 68.3 Å². The molecule has 1 heterocycles. The van der Waals surface area contributed by atoms with Crippen molar-refractivity contribution in [1.29, 1.82) is 0 Å². The van der Waals surface area contributed by atoms with Crippen LogP contribution >= 0.6 is 0 Å². The summed E-state index contributed by atoms with van der Waals surface area (Å²) in [5.41, 5.74) is 1.11. The van der Waals surface area contributed by atoms with Gasteiger partial charge in [0.2, 0.25) is 0 Å². The average Bonchev–Trinajstić information content (AvgIpc) is 2.44. The molecule has 1 unspecified atom stereocenters. The number of hydrogen-bond acceptors (Lipinski definition) is 6. The minimum Gasteiger partial charge on any atom is -0.382 e. The Kier molecular flexibility index (Phi) is 7.14. The van der Waals surface area contributed by atoms with Crippen molar-refractivity contribution >= 4 is 11.6 Å². The second-order valence-electron chi connectivity index (χ2n) is 4.24. The minimum atomic E-state index is 0.00692. The van der Waals surface area contributed by atoms with Crippen LogP contribution in [0, 0.1) is 0 Å². The Morgan fingerprint density at radius 2 is 2.00 bits per heavy atom. The van der Waals surface area contributed by atoms with Gasteiger partial charge in [-0.3, -0.25) is 0 Å². The SMILES string of the molecule is CCCc1c(NC)ncnc1NCC(COC)OC. The lowest BCUT2D eigenvalue weighted by Gasteiger charge is -2.18. The molecule has 0 aromatic carbocycles. The Hall–Kier alpha value is -1.40. The van der Waals surface area contributed by atoms with Crippen LogP contribution in [0.5, 0.6) is 0 Å². The molecule has 0 aliphatic carbocycles. The van der Waals surface area contributed by atoms with Crippen molar-refractivity contribution in [3.05, 3.63) is 11.9 Å². The van der Waals surface area contributed by atoms with E-state index in [0.29, 0.717) is 13.2 Å². The van der Waals surface area contributed by atoms with Crippen LogP contribution in [0.15, 0.2) is 6.33 Å². The zero-order valence-electron chi connectivity index (χ0n) is 12.2. The van der Waals surface area contributed by atoms with Gasteiger partial charge in [0.15, 0.2) is 0 Å². The van der Waals surface area contributed by atoms with Gasteiger partial charge in [-0.1, -0.05) is 13.3 Å². The van der Waals surface area contributed by atoms with E-state index in [2.05, 4.69) is 27.5 Å². The van der Waals surface area contributed by atoms with Crippen molar-refractivity contribution < 1.29 is 9.47 Å². The molecule has 6 nitrogen and oxygen atoms in total. The zero-order chi connectivity index (χ0) is 14.1. The molecule has 0 fully saturated rings. The molecule has 0 saturated carbocycles. The van der Waals surface area contributed by atoms with Crippen molar-refractivity contribution in [3.63, 3.8) is 0 Å². The van der Waals surface area contributed by atoms with Crippen LogP contribution in [0.4, 0.5) is 11.6 Å². The molecule has 0 spiro atoms. The molecule has 0 bridgehead atoms. The maximum Gasteiger partial charge on any atom is 0.134 e. The smallest absolute Gasteiger partial charge is 0.134 e. The molecule has 19 heavy (non-hydrogen) atoms. The van der Waals surface area contributed by atoms with Crippen molar-refractivity contribution in [2.45, 2.75) is 25.9 Å².